The van der Waals surface area contributed by atoms with Gasteiger partial charge in [-0.05, 0) is 18.6 Å². The molecule has 0 heterocycles. The lowest BCUT2D eigenvalue weighted by molar-refractivity contribution is -0.140. The van der Waals surface area contributed by atoms with Gasteiger partial charge in [-0.2, -0.15) is 13.2 Å². The molecule has 4 heteroatoms. The van der Waals surface area contributed by atoms with Crippen LogP contribution in [0.4, 0.5) is 17.6 Å². The molecule has 0 bridgehead atoms. The summed E-state index contributed by atoms with van der Waals surface area (Å²) in [6.07, 6.45) is -4.60. The summed E-state index contributed by atoms with van der Waals surface area (Å²) in [5.41, 5.74) is -1.20. The summed E-state index contributed by atoms with van der Waals surface area (Å²) in [6, 6.07) is 3.20. The maximum absolute atomic E-state index is 12.8. The molecule has 0 fully saturated rings. The van der Waals surface area contributed by atoms with Crippen LogP contribution in [0.5, 0.6) is 0 Å². The molecule has 0 radical (unpaired) electrons. The van der Waals surface area contributed by atoms with E-state index in [1.807, 2.05) is 13.8 Å². The van der Waals surface area contributed by atoms with E-state index in [9.17, 15) is 17.6 Å². The first kappa shape index (κ1) is 12.9. The van der Waals surface area contributed by atoms with E-state index in [4.69, 9.17) is 0 Å². The van der Waals surface area contributed by atoms with Crippen molar-refractivity contribution in [3.05, 3.63) is 35.1 Å². The summed E-state index contributed by atoms with van der Waals surface area (Å²) in [5.74, 6) is -1.19. The molecule has 0 aromatic heterocycles. The first-order valence-corrected chi connectivity index (χ1v) is 4.25. The highest BCUT2D eigenvalue weighted by Gasteiger charge is 2.34. The Morgan fingerprint density at radius 1 is 1.07 bits per heavy atom. The first-order valence-electron chi connectivity index (χ1n) is 4.25. The van der Waals surface area contributed by atoms with Crippen LogP contribution in [0.2, 0.25) is 0 Å². The van der Waals surface area contributed by atoms with Gasteiger partial charge in [-0.15, -0.1) is 0 Å². The van der Waals surface area contributed by atoms with Crippen LogP contribution in [-0.4, -0.2) is 0 Å². The van der Waals surface area contributed by atoms with Crippen molar-refractivity contribution in [3.63, 3.8) is 0 Å². The second-order valence-electron chi connectivity index (χ2n) is 2.43. The third kappa shape index (κ3) is 3.01. The Morgan fingerprint density at radius 2 is 1.57 bits per heavy atom. The van der Waals surface area contributed by atoms with Crippen LogP contribution in [0.3, 0.4) is 0 Å². The molecule has 0 aliphatic rings. The lowest BCUT2D eigenvalue weighted by atomic mass is 10.1. The van der Waals surface area contributed by atoms with Crippen LogP contribution < -0.4 is 0 Å². The van der Waals surface area contributed by atoms with Crippen LogP contribution in [0.1, 0.15) is 25.0 Å². The van der Waals surface area contributed by atoms with E-state index in [1.54, 1.807) is 0 Å². The highest BCUT2D eigenvalue weighted by molar-refractivity contribution is 5.26. The third-order valence-corrected chi connectivity index (χ3v) is 1.50. The Balaban J connectivity index is 0.000000791. The number of rotatable bonds is 0. The maximum Gasteiger partial charge on any atom is 0.419 e. The zero-order valence-electron chi connectivity index (χ0n) is 8.24. The molecular formula is C10H12F4. The van der Waals surface area contributed by atoms with E-state index in [1.165, 1.54) is 19.1 Å². The molecule has 1 aromatic rings. The lowest BCUT2D eigenvalue weighted by Crippen LogP contribution is -2.08. The van der Waals surface area contributed by atoms with Gasteiger partial charge in [-0.1, -0.05) is 26.0 Å². The van der Waals surface area contributed by atoms with Crippen LogP contribution in [0.15, 0.2) is 18.2 Å². The molecule has 0 saturated carbocycles. The van der Waals surface area contributed by atoms with Crippen molar-refractivity contribution in [2.75, 3.05) is 0 Å². The zero-order valence-corrected chi connectivity index (χ0v) is 8.24. The number of halogens is 4. The predicted molar refractivity (Wildman–Crippen MR) is 47.5 cm³/mol. The Kier molecular flexibility index (Phi) is 4.60. The number of hydrogen-bond acceptors (Lipinski definition) is 0. The van der Waals surface area contributed by atoms with E-state index in [2.05, 4.69) is 0 Å². The first-order chi connectivity index (χ1) is 6.43. The van der Waals surface area contributed by atoms with Gasteiger partial charge >= 0.3 is 6.18 Å². The molecule has 80 valence electrons. The number of hydrogen-bond donors (Lipinski definition) is 0. The van der Waals surface area contributed by atoms with Crippen molar-refractivity contribution in [1.29, 1.82) is 0 Å². The molecule has 0 N–H and O–H groups in total. The van der Waals surface area contributed by atoms with Crippen molar-refractivity contribution < 1.29 is 17.6 Å². The van der Waals surface area contributed by atoms with Gasteiger partial charge in [0.15, 0.2) is 0 Å². The quantitative estimate of drug-likeness (QED) is 0.561. The fraction of sp³-hybridized carbons (Fsp3) is 0.400. The Labute approximate surface area is 80.6 Å². The minimum atomic E-state index is -4.60. The number of benzene rings is 1. The van der Waals surface area contributed by atoms with Crippen molar-refractivity contribution in [2.24, 2.45) is 0 Å². The second kappa shape index (κ2) is 4.98. The van der Waals surface area contributed by atoms with E-state index in [0.717, 1.165) is 6.07 Å². The van der Waals surface area contributed by atoms with Crippen molar-refractivity contribution in [3.8, 4) is 0 Å². The van der Waals surface area contributed by atoms with E-state index in [0.29, 0.717) is 0 Å². The average molecular weight is 208 g/mol. The van der Waals surface area contributed by atoms with Gasteiger partial charge in [0.1, 0.15) is 5.82 Å². The summed E-state index contributed by atoms with van der Waals surface area (Å²) in [7, 11) is 0. The Hall–Kier alpha value is -1.06. The molecule has 0 amide bonds. The van der Waals surface area contributed by atoms with Crippen molar-refractivity contribution in [2.45, 2.75) is 26.9 Å². The molecule has 1 aromatic carbocycles. The number of alkyl halides is 3. The summed E-state index contributed by atoms with van der Waals surface area (Å²) in [5, 5.41) is 0. The smallest absolute Gasteiger partial charge is 0.206 e. The van der Waals surface area contributed by atoms with Gasteiger partial charge < -0.3 is 0 Å². The van der Waals surface area contributed by atoms with E-state index in [-0.39, 0.29) is 5.56 Å². The molecular weight excluding hydrogens is 196 g/mol. The molecule has 0 aliphatic heterocycles. The molecule has 0 aliphatic carbocycles. The molecule has 14 heavy (non-hydrogen) atoms. The average Bonchev–Trinajstić information content (AvgIpc) is 2.11. The van der Waals surface area contributed by atoms with Crippen LogP contribution in [-0.2, 0) is 6.18 Å². The number of aryl methyl sites for hydroxylation is 1. The van der Waals surface area contributed by atoms with E-state index >= 15 is 0 Å². The minimum absolute atomic E-state index is 0.00447. The lowest BCUT2D eigenvalue weighted by Gasteiger charge is -2.08. The largest absolute Gasteiger partial charge is 0.419 e. The topological polar surface area (TPSA) is 0 Å². The molecule has 0 saturated heterocycles. The highest BCUT2D eigenvalue weighted by Crippen LogP contribution is 2.31. The second-order valence-corrected chi connectivity index (χ2v) is 2.43. The van der Waals surface area contributed by atoms with Crippen LogP contribution in [0.25, 0.3) is 0 Å². The van der Waals surface area contributed by atoms with Gasteiger partial charge in [-0.25, -0.2) is 4.39 Å². The van der Waals surface area contributed by atoms with E-state index < -0.39 is 17.6 Å². The minimum Gasteiger partial charge on any atom is -0.206 e. The van der Waals surface area contributed by atoms with Gasteiger partial charge in [0.05, 0.1) is 5.56 Å². The van der Waals surface area contributed by atoms with Gasteiger partial charge in [0, 0.05) is 0 Å². The molecule has 0 nitrogen and oxygen atoms in total. The van der Waals surface area contributed by atoms with Gasteiger partial charge in [0.2, 0.25) is 0 Å². The van der Waals surface area contributed by atoms with Crippen molar-refractivity contribution in [1.82, 2.24) is 0 Å². The molecule has 0 unspecified atom stereocenters. The summed E-state index contributed by atoms with van der Waals surface area (Å²) in [6.45, 7) is 5.30. The van der Waals surface area contributed by atoms with Crippen molar-refractivity contribution >= 4 is 0 Å². The third-order valence-electron chi connectivity index (χ3n) is 1.50. The monoisotopic (exact) mass is 208 g/mol. The fourth-order valence-electron chi connectivity index (χ4n) is 0.866. The van der Waals surface area contributed by atoms with Crippen LogP contribution >= 0.6 is 0 Å². The normalized spacial score (nSPS) is 10.5. The molecule has 1 rings (SSSR count). The van der Waals surface area contributed by atoms with Gasteiger partial charge in [0.25, 0.3) is 0 Å². The SMILES string of the molecule is CC.Cc1cccc(C(F)(F)F)c1F. The van der Waals surface area contributed by atoms with Crippen LogP contribution in [0, 0.1) is 12.7 Å². The highest BCUT2D eigenvalue weighted by atomic mass is 19.4. The molecule has 0 spiro atoms. The summed E-state index contributed by atoms with van der Waals surface area (Å²) < 4.78 is 48.7. The Morgan fingerprint density at radius 3 is 1.93 bits per heavy atom. The zero-order chi connectivity index (χ0) is 11.4. The standard InChI is InChI=1S/C8H6F4.C2H6/c1-5-3-2-4-6(7(5)9)8(10,11)12;1-2/h2-4H,1H3;1-2H3. The molecule has 0 atom stereocenters. The van der Waals surface area contributed by atoms with Gasteiger partial charge in [-0.3, -0.25) is 0 Å². The maximum atomic E-state index is 12.8. The Bertz CT molecular complexity index is 289. The summed E-state index contributed by atoms with van der Waals surface area (Å²) in [4.78, 5) is 0. The summed E-state index contributed by atoms with van der Waals surface area (Å²) >= 11 is 0. The fourth-order valence-corrected chi connectivity index (χ4v) is 0.866. The predicted octanol–water partition coefficient (Wildman–Crippen LogP) is 4.18.